The minimum atomic E-state index is -0.241. The van der Waals surface area contributed by atoms with Gasteiger partial charge in [0.2, 0.25) is 0 Å². The summed E-state index contributed by atoms with van der Waals surface area (Å²) in [6, 6.07) is 0. The van der Waals surface area contributed by atoms with Gasteiger partial charge in [0.25, 0.3) is 0 Å². The number of carbonyl (C=O) groups is 1. The number of ketones is 1. The molecule has 13 heavy (non-hydrogen) atoms. The molecule has 0 amide bonds. The van der Waals surface area contributed by atoms with E-state index in [1.165, 1.54) is 5.57 Å². The molecule has 0 fully saturated rings. The number of methoxy groups -OCH3 is 1. The minimum Gasteiger partial charge on any atom is -0.373 e. The Hall–Kier alpha value is -0.890. The van der Waals surface area contributed by atoms with Crippen molar-refractivity contribution in [2.75, 3.05) is 7.11 Å². The average Bonchev–Trinajstić information content (AvgIpc) is 2.12. The topological polar surface area (TPSA) is 26.3 Å². The van der Waals surface area contributed by atoms with Crippen LogP contribution in [0.2, 0.25) is 0 Å². The molecule has 1 atom stereocenters. The Labute approximate surface area is 79.3 Å². The van der Waals surface area contributed by atoms with E-state index in [4.69, 9.17) is 4.74 Å². The Morgan fingerprint density at radius 3 is 3.00 bits per heavy atom. The maximum absolute atomic E-state index is 11.4. The van der Waals surface area contributed by atoms with Crippen molar-refractivity contribution in [2.24, 2.45) is 0 Å². The van der Waals surface area contributed by atoms with Gasteiger partial charge in [0.1, 0.15) is 6.10 Å². The van der Waals surface area contributed by atoms with Crippen LogP contribution in [0.15, 0.2) is 24.3 Å². The monoisotopic (exact) mass is 180 g/mol. The van der Waals surface area contributed by atoms with Gasteiger partial charge in [-0.1, -0.05) is 24.3 Å². The second kappa shape index (κ2) is 4.97. The van der Waals surface area contributed by atoms with Crippen molar-refractivity contribution in [3.8, 4) is 0 Å². The summed E-state index contributed by atoms with van der Waals surface area (Å²) in [6.07, 6.45) is 6.87. The summed E-state index contributed by atoms with van der Waals surface area (Å²) in [5, 5.41) is 0. The summed E-state index contributed by atoms with van der Waals surface area (Å²) in [5.74, 6) is 0.224. The molecule has 1 aliphatic rings. The van der Waals surface area contributed by atoms with Gasteiger partial charge in [-0.25, -0.2) is 0 Å². The predicted octanol–water partition coefficient (Wildman–Crippen LogP) is 2.26. The molecule has 1 unspecified atom stereocenters. The molecule has 0 heterocycles. The highest BCUT2D eigenvalue weighted by Gasteiger charge is 2.17. The number of hydrogen-bond donors (Lipinski definition) is 0. The first-order chi connectivity index (χ1) is 6.27. The molecule has 0 saturated carbocycles. The smallest absolute Gasteiger partial charge is 0.161 e. The van der Waals surface area contributed by atoms with Crippen LogP contribution in [0.5, 0.6) is 0 Å². The van der Waals surface area contributed by atoms with Gasteiger partial charge < -0.3 is 4.74 Å². The number of allylic oxidation sites excluding steroid dienone is 2. The molecule has 0 aromatic heterocycles. The molecule has 0 aliphatic heterocycles. The predicted molar refractivity (Wildman–Crippen MR) is 52.6 cm³/mol. The van der Waals surface area contributed by atoms with E-state index < -0.39 is 0 Å². The molecule has 0 N–H and O–H groups in total. The molecule has 0 saturated heterocycles. The molecule has 72 valence electrons. The van der Waals surface area contributed by atoms with Gasteiger partial charge in [-0.15, -0.1) is 0 Å². The van der Waals surface area contributed by atoms with Crippen molar-refractivity contribution in [3.05, 3.63) is 24.3 Å². The van der Waals surface area contributed by atoms with Gasteiger partial charge in [-0.3, -0.25) is 4.79 Å². The van der Waals surface area contributed by atoms with Crippen LogP contribution in [0.1, 0.15) is 25.7 Å². The molecule has 1 rings (SSSR count). The van der Waals surface area contributed by atoms with Gasteiger partial charge in [-0.05, 0) is 19.3 Å². The van der Waals surface area contributed by atoms with Gasteiger partial charge in [0, 0.05) is 13.5 Å². The SMILES string of the molecule is C=C/C1=C/CC(OC)C(=O)CCC1. The first kappa shape index (κ1) is 10.2. The van der Waals surface area contributed by atoms with Crippen LogP contribution in [-0.4, -0.2) is 19.0 Å². The van der Waals surface area contributed by atoms with Crippen LogP contribution < -0.4 is 0 Å². The zero-order valence-electron chi connectivity index (χ0n) is 8.08. The standard InChI is InChI=1S/C11H16O2/c1-3-9-5-4-6-10(12)11(13-2)8-7-9/h3,7,11H,1,4-6,8H2,2H3/b9-7-. The fourth-order valence-electron chi connectivity index (χ4n) is 1.53. The number of ether oxygens (including phenoxy) is 1. The van der Waals surface area contributed by atoms with Crippen molar-refractivity contribution in [1.82, 2.24) is 0 Å². The quantitative estimate of drug-likeness (QED) is 0.651. The Balaban J connectivity index is 2.67. The fraction of sp³-hybridized carbons (Fsp3) is 0.545. The zero-order chi connectivity index (χ0) is 9.68. The molecule has 0 radical (unpaired) electrons. The summed E-state index contributed by atoms with van der Waals surface area (Å²) in [6.45, 7) is 3.73. The summed E-state index contributed by atoms with van der Waals surface area (Å²) in [7, 11) is 1.59. The van der Waals surface area contributed by atoms with Crippen LogP contribution in [-0.2, 0) is 9.53 Å². The normalized spacial score (nSPS) is 28.5. The molecule has 2 heteroatoms. The number of rotatable bonds is 2. The van der Waals surface area contributed by atoms with Crippen molar-refractivity contribution in [2.45, 2.75) is 31.8 Å². The highest BCUT2D eigenvalue weighted by atomic mass is 16.5. The van der Waals surface area contributed by atoms with Crippen molar-refractivity contribution >= 4 is 5.78 Å². The summed E-state index contributed by atoms with van der Waals surface area (Å²) in [4.78, 5) is 11.4. The first-order valence-electron chi connectivity index (χ1n) is 4.65. The lowest BCUT2D eigenvalue weighted by Gasteiger charge is -2.15. The van der Waals surface area contributed by atoms with Gasteiger partial charge in [0.05, 0.1) is 0 Å². The molecular weight excluding hydrogens is 164 g/mol. The maximum atomic E-state index is 11.4. The Kier molecular flexibility index (Phi) is 3.90. The molecule has 0 bridgehead atoms. The lowest BCUT2D eigenvalue weighted by molar-refractivity contribution is -0.128. The first-order valence-corrected chi connectivity index (χ1v) is 4.65. The van der Waals surface area contributed by atoms with E-state index in [2.05, 4.69) is 12.7 Å². The van der Waals surface area contributed by atoms with Crippen molar-refractivity contribution in [1.29, 1.82) is 0 Å². The lowest BCUT2D eigenvalue weighted by Crippen LogP contribution is -2.23. The molecule has 0 aromatic rings. The number of hydrogen-bond acceptors (Lipinski definition) is 2. The third-order valence-corrected chi connectivity index (χ3v) is 2.39. The van der Waals surface area contributed by atoms with E-state index in [1.807, 2.05) is 6.08 Å². The largest absolute Gasteiger partial charge is 0.373 e. The number of Topliss-reactive ketones (excluding diaryl/α,β-unsaturated/α-hetero) is 1. The van der Waals surface area contributed by atoms with Crippen LogP contribution in [0.4, 0.5) is 0 Å². The molecule has 0 aromatic carbocycles. The van der Waals surface area contributed by atoms with Gasteiger partial charge >= 0.3 is 0 Å². The molecule has 0 spiro atoms. The minimum absolute atomic E-state index is 0.224. The fourth-order valence-corrected chi connectivity index (χ4v) is 1.53. The summed E-state index contributed by atoms with van der Waals surface area (Å²) < 4.78 is 5.10. The van der Waals surface area contributed by atoms with Crippen LogP contribution in [0, 0.1) is 0 Å². The second-order valence-corrected chi connectivity index (χ2v) is 3.26. The third kappa shape index (κ3) is 2.81. The molecule has 2 nitrogen and oxygen atoms in total. The zero-order valence-corrected chi connectivity index (χ0v) is 8.08. The van der Waals surface area contributed by atoms with E-state index in [1.54, 1.807) is 7.11 Å². The van der Waals surface area contributed by atoms with E-state index in [0.29, 0.717) is 12.8 Å². The van der Waals surface area contributed by atoms with Crippen molar-refractivity contribution in [3.63, 3.8) is 0 Å². The Morgan fingerprint density at radius 1 is 1.62 bits per heavy atom. The highest BCUT2D eigenvalue weighted by Crippen LogP contribution is 2.17. The summed E-state index contributed by atoms with van der Waals surface area (Å²) in [5.41, 5.74) is 1.23. The van der Waals surface area contributed by atoms with E-state index in [-0.39, 0.29) is 11.9 Å². The molecular formula is C11H16O2. The van der Waals surface area contributed by atoms with Crippen LogP contribution >= 0.6 is 0 Å². The Morgan fingerprint density at radius 2 is 2.38 bits per heavy atom. The van der Waals surface area contributed by atoms with Crippen LogP contribution in [0.3, 0.4) is 0 Å². The Bertz CT molecular complexity index is 228. The maximum Gasteiger partial charge on any atom is 0.161 e. The van der Waals surface area contributed by atoms with Crippen molar-refractivity contribution < 1.29 is 9.53 Å². The van der Waals surface area contributed by atoms with Crippen LogP contribution in [0.25, 0.3) is 0 Å². The molecule has 1 aliphatic carbocycles. The number of carbonyl (C=O) groups excluding carboxylic acids is 1. The highest BCUT2D eigenvalue weighted by molar-refractivity contribution is 5.83. The van der Waals surface area contributed by atoms with Gasteiger partial charge in [-0.2, -0.15) is 0 Å². The van der Waals surface area contributed by atoms with E-state index in [0.717, 1.165) is 12.8 Å². The van der Waals surface area contributed by atoms with Gasteiger partial charge in [0.15, 0.2) is 5.78 Å². The second-order valence-electron chi connectivity index (χ2n) is 3.26. The average molecular weight is 180 g/mol. The lowest BCUT2D eigenvalue weighted by atomic mass is 9.97. The van der Waals surface area contributed by atoms with E-state index >= 15 is 0 Å². The third-order valence-electron chi connectivity index (χ3n) is 2.39. The van der Waals surface area contributed by atoms with E-state index in [9.17, 15) is 4.79 Å². The summed E-state index contributed by atoms with van der Waals surface area (Å²) >= 11 is 0.